The molecule has 0 saturated heterocycles. The van der Waals surface area contributed by atoms with Crippen LogP contribution in [0.5, 0.6) is 0 Å². The summed E-state index contributed by atoms with van der Waals surface area (Å²) in [6, 6.07) is 11.2. The molecule has 0 N–H and O–H groups in total. The minimum absolute atomic E-state index is 1.15. The van der Waals surface area contributed by atoms with Crippen LogP contribution in [0.4, 0.5) is 0 Å². The summed E-state index contributed by atoms with van der Waals surface area (Å²) in [7, 11) is 0. The highest BCUT2D eigenvalue weighted by molar-refractivity contribution is 5.44. The van der Waals surface area contributed by atoms with Crippen LogP contribution in [0.25, 0.3) is 0 Å². The van der Waals surface area contributed by atoms with E-state index in [1.807, 2.05) is 13.6 Å². The highest BCUT2D eigenvalue weighted by Crippen LogP contribution is 2.22. The minimum Gasteiger partial charge on any atom is -0.307 e. The van der Waals surface area contributed by atoms with Gasteiger partial charge in [0.05, 0.1) is 0 Å². The Hall–Kier alpha value is -2.26. The highest BCUT2D eigenvalue weighted by atomic mass is 16.1. The molecule has 3 nitrogen and oxygen atoms in total. The molecule has 0 saturated carbocycles. The van der Waals surface area contributed by atoms with Crippen LogP contribution in [0.1, 0.15) is 72.6 Å². The van der Waals surface area contributed by atoms with E-state index in [2.05, 4.69) is 76.8 Å². The van der Waals surface area contributed by atoms with Crippen LogP contribution in [0.2, 0.25) is 0 Å². The van der Waals surface area contributed by atoms with Gasteiger partial charge in [0.15, 0.2) is 0 Å². The second-order valence-electron chi connectivity index (χ2n) is 7.94. The third kappa shape index (κ3) is 8.78. The minimum atomic E-state index is 1.15. The third-order valence-corrected chi connectivity index (χ3v) is 6.14. The lowest BCUT2D eigenvalue weighted by Gasteiger charge is -2.28. The number of benzene rings is 2. The van der Waals surface area contributed by atoms with Gasteiger partial charge in [-0.2, -0.15) is 0 Å². The summed E-state index contributed by atoms with van der Waals surface area (Å²) < 4.78 is 0. The Labute approximate surface area is 190 Å². The van der Waals surface area contributed by atoms with E-state index in [-0.39, 0.29) is 0 Å². The predicted molar refractivity (Wildman–Crippen MR) is 134 cm³/mol. The quantitative estimate of drug-likeness (QED) is 0.571. The van der Waals surface area contributed by atoms with Gasteiger partial charge >= 0.3 is 0 Å². The smallest absolute Gasteiger partial charge is 0.106 e. The van der Waals surface area contributed by atoms with Gasteiger partial charge in [0.1, 0.15) is 13.6 Å². The maximum atomic E-state index is 8.00. The van der Waals surface area contributed by atoms with Gasteiger partial charge in [0.25, 0.3) is 0 Å². The molecule has 0 radical (unpaired) electrons. The molecule has 0 bridgehead atoms. The molecule has 172 valence electrons. The highest BCUT2D eigenvalue weighted by Gasteiger charge is 2.14. The summed E-state index contributed by atoms with van der Waals surface area (Å²) in [6.07, 6.45) is 6.18. The fourth-order valence-electron chi connectivity index (χ4n) is 4.26. The number of nitrogens with zero attached hydrogens (tertiary/aromatic N) is 1. The molecule has 1 aliphatic heterocycles. The lowest BCUT2D eigenvalue weighted by atomic mass is 9.91. The molecule has 3 heteroatoms. The number of aryl methyl sites for hydroxylation is 2. The van der Waals surface area contributed by atoms with E-state index in [9.17, 15) is 0 Å². The SMILES string of the molecule is C=O.C=O.CCCCN1CCc2ccccc2C1.CCc1cc(C)c(CC)c(C)c1C. The molecule has 2 aromatic carbocycles. The van der Waals surface area contributed by atoms with Crippen LogP contribution < -0.4 is 0 Å². The standard InChI is InChI=1S/C13H19N.C13H20.2CH2O/c1-2-3-9-14-10-8-12-6-4-5-7-13(12)11-14;1-6-12-8-9(3)13(7-2)11(5)10(12)4;2*1-2/h4-7H,2-3,8-11H2,1H3;8H,6-7H2,1-5H3;2*1H2. The zero-order valence-electron chi connectivity index (χ0n) is 20.7. The Morgan fingerprint density at radius 3 is 2.03 bits per heavy atom. The molecule has 0 aromatic heterocycles. The van der Waals surface area contributed by atoms with E-state index in [1.165, 1.54) is 65.7 Å². The van der Waals surface area contributed by atoms with Crippen LogP contribution in [0.3, 0.4) is 0 Å². The second-order valence-corrected chi connectivity index (χ2v) is 7.94. The maximum Gasteiger partial charge on any atom is 0.106 e. The van der Waals surface area contributed by atoms with Gasteiger partial charge in [-0.3, -0.25) is 4.90 Å². The van der Waals surface area contributed by atoms with Crippen molar-refractivity contribution in [1.29, 1.82) is 0 Å². The Balaban J connectivity index is 0.000000502. The molecule has 0 amide bonds. The van der Waals surface area contributed by atoms with Crippen LogP contribution in [0, 0.1) is 20.8 Å². The molecule has 0 aliphatic carbocycles. The predicted octanol–water partition coefficient (Wildman–Crippen LogP) is 6.21. The second kappa shape index (κ2) is 16.4. The van der Waals surface area contributed by atoms with E-state index >= 15 is 0 Å². The van der Waals surface area contributed by atoms with Gasteiger partial charge in [-0.05, 0) is 91.9 Å². The summed E-state index contributed by atoms with van der Waals surface area (Å²) >= 11 is 0. The van der Waals surface area contributed by atoms with Crippen LogP contribution in [-0.4, -0.2) is 31.6 Å². The summed E-state index contributed by atoms with van der Waals surface area (Å²) in [5.41, 5.74) is 10.6. The largest absolute Gasteiger partial charge is 0.307 e. The Morgan fingerprint density at radius 1 is 0.871 bits per heavy atom. The number of unbranched alkanes of at least 4 members (excludes halogenated alkanes) is 1. The van der Waals surface area contributed by atoms with Crippen molar-refractivity contribution in [2.24, 2.45) is 0 Å². The van der Waals surface area contributed by atoms with Crippen molar-refractivity contribution in [3.8, 4) is 0 Å². The third-order valence-electron chi connectivity index (χ3n) is 6.14. The fraction of sp³-hybridized carbons (Fsp3) is 0.500. The number of carbonyl (C=O) groups excluding carboxylic acids is 2. The molecule has 1 heterocycles. The number of rotatable bonds is 5. The normalized spacial score (nSPS) is 12.2. The first-order chi connectivity index (χ1) is 15.0. The molecule has 1 aliphatic rings. The van der Waals surface area contributed by atoms with Crippen molar-refractivity contribution in [2.75, 3.05) is 13.1 Å². The van der Waals surface area contributed by atoms with E-state index in [0.717, 1.165) is 19.4 Å². The summed E-state index contributed by atoms with van der Waals surface area (Å²) in [5, 5.41) is 0. The van der Waals surface area contributed by atoms with Crippen molar-refractivity contribution < 1.29 is 9.59 Å². The zero-order valence-corrected chi connectivity index (χ0v) is 20.7. The molecule has 0 spiro atoms. The first-order valence-corrected chi connectivity index (χ1v) is 11.5. The van der Waals surface area contributed by atoms with Gasteiger partial charge in [-0.1, -0.05) is 57.5 Å². The van der Waals surface area contributed by atoms with Crippen molar-refractivity contribution >= 4 is 13.6 Å². The van der Waals surface area contributed by atoms with E-state index < -0.39 is 0 Å². The lowest BCUT2D eigenvalue weighted by molar-refractivity contribution is -0.0987. The molecule has 31 heavy (non-hydrogen) atoms. The topological polar surface area (TPSA) is 37.4 Å². The molecule has 2 aromatic rings. The number of hydrogen-bond acceptors (Lipinski definition) is 3. The van der Waals surface area contributed by atoms with Crippen LogP contribution in [0.15, 0.2) is 30.3 Å². The number of hydrogen-bond donors (Lipinski definition) is 0. The van der Waals surface area contributed by atoms with Gasteiger partial charge in [-0.25, -0.2) is 0 Å². The van der Waals surface area contributed by atoms with Gasteiger partial charge in [0.2, 0.25) is 0 Å². The first-order valence-electron chi connectivity index (χ1n) is 11.5. The van der Waals surface area contributed by atoms with Gasteiger partial charge in [0, 0.05) is 13.1 Å². The van der Waals surface area contributed by atoms with Crippen molar-refractivity contribution in [1.82, 2.24) is 4.90 Å². The van der Waals surface area contributed by atoms with E-state index in [1.54, 1.807) is 5.56 Å². The van der Waals surface area contributed by atoms with E-state index in [0.29, 0.717) is 0 Å². The molecular weight excluding hydrogens is 382 g/mol. The first kappa shape index (κ1) is 28.7. The average Bonchev–Trinajstić information content (AvgIpc) is 2.83. The zero-order chi connectivity index (χ0) is 23.8. The molecule has 3 rings (SSSR count). The Kier molecular flexibility index (Phi) is 15.2. The summed E-state index contributed by atoms with van der Waals surface area (Å²) in [6.45, 7) is 21.1. The van der Waals surface area contributed by atoms with Crippen LogP contribution >= 0.6 is 0 Å². The van der Waals surface area contributed by atoms with Crippen LogP contribution in [-0.2, 0) is 35.4 Å². The summed E-state index contributed by atoms with van der Waals surface area (Å²) in [4.78, 5) is 18.6. The lowest BCUT2D eigenvalue weighted by Crippen LogP contribution is -2.31. The summed E-state index contributed by atoms with van der Waals surface area (Å²) in [5.74, 6) is 0. The van der Waals surface area contributed by atoms with E-state index in [4.69, 9.17) is 9.59 Å². The van der Waals surface area contributed by atoms with Crippen molar-refractivity contribution in [2.45, 2.75) is 80.2 Å². The fourth-order valence-corrected chi connectivity index (χ4v) is 4.26. The van der Waals surface area contributed by atoms with Crippen molar-refractivity contribution in [3.05, 3.63) is 69.3 Å². The number of carbonyl (C=O) groups is 2. The monoisotopic (exact) mass is 425 g/mol. The molecule has 0 atom stereocenters. The Morgan fingerprint density at radius 2 is 1.48 bits per heavy atom. The Bertz CT molecular complexity index is 768. The number of fused-ring (bicyclic) bond motifs is 1. The maximum absolute atomic E-state index is 8.00. The van der Waals surface area contributed by atoms with Gasteiger partial charge < -0.3 is 9.59 Å². The molecule has 0 fully saturated rings. The average molecular weight is 426 g/mol. The molecule has 0 unspecified atom stereocenters. The molecular formula is C28H43NO2. The van der Waals surface area contributed by atoms with Crippen molar-refractivity contribution in [3.63, 3.8) is 0 Å². The van der Waals surface area contributed by atoms with Gasteiger partial charge in [-0.15, -0.1) is 0 Å².